The maximum absolute atomic E-state index is 8.73. The molecule has 0 spiro atoms. The first-order valence-corrected chi connectivity index (χ1v) is 7.76. The van der Waals surface area contributed by atoms with Crippen LogP contribution in [0.1, 0.15) is 22.5 Å². The summed E-state index contributed by atoms with van der Waals surface area (Å²) >= 11 is 14.6. The summed E-state index contributed by atoms with van der Waals surface area (Å²) in [5.74, 6) is 0. The lowest BCUT2D eigenvalue weighted by molar-refractivity contribution is 0.280. The minimum Gasteiger partial charge on any atom is -0.392 e. The fourth-order valence-corrected chi connectivity index (χ4v) is 2.40. The Balaban J connectivity index is 0.000000200. The van der Waals surface area contributed by atoms with E-state index in [4.69, 9.17) is 28.3 Å². The van der Waals surface area contributed by atoms with Gasteiger partial charge in [-0.25, -0.2) is 9.97 Å². The van der Waals surface area contributed by atoms with Crippen LogP contribution in [0.2, 0.25) is 10.3 Å². The first-order valence-electron chi connectivity index (χ1n) is 5.88. The Morgan fingerprint density at radius 1 is 0.950 bits per heavy atom. The van der Waals surface area contributed by atoms with Gasteiger partial charge in [-0.3, -0.25) is 0 Å². The van der Waals surface area contributed by atoms with Crippen LogP contribution < -0.4 is 0 Å². The molecule has 20 heavy (non-hydrogen) atoms. The zero-order valence-electron chi connectivity index (χ0n) is 11.2. The third-order valence-corrected chi connectivity index (χ3v) is 3.66. The van der Waals surface area contributed by atoms with Crippen molar-refractivity contribution >= 4 is 39.1 Å². The molecule has 108 valence electrons. The third-order valence-electron chi connectivity index (χ3n) is 2.64. The van der Waals surface area contributed by atoms with Crippen LogP contribution in [0.15, 0.2) is 24.3 Å². The normalized spacial score (nSPS) is 9.90. The van der Waals surface area contributed by atoms with Gasteiger partial charge in [0.15, 0.2) is 0 Å². The number of aromatic nitrogens is 2. The monoisotopic (exact) mass is 376 g/mol. The van der Waals surface area contributed by atoms with Crippen LogP contribution in [-0.4, -0.2) is 15.1 Å². The van der Waals surface area contributed by atoms with E-state index in [2.05, 4.69) is 25.9 Å². The summed E-state index contributed by atoms with van der Waals surface area (Å²) in [7, 11) is 0. The van der Waals surface area contributed by atoms with Gasteiger partial charge in [0, 0.05) is 16.7 Å². The molecule has 6 heteroatoms. The summed E-state index contributed by atoms with van der Waals surface area (Å²) in [6, 6.07) is 7.20. The zero-order chi connectivity index (χ0) is 15.1. The maximum Gasteiger partial charge on any atom is 0.129 e. The van der Waals surface area contributed by atoms with E-state index >= 15 is 0 Å². The van der Waals surface area contributed by atoms with Crippen molar-refractivity contribution in [2.75, 3.05) is 0 Å². The van der Waals surface area contributed by atoms with Crippen molar-refractivity contribution in [1.82, 2.24) is 9.97 Å². The van der Waals surface area contributed by atoms with Crippen LogP contribution in [-0.2, 0) is 11.9 Å². The quantitative estimate of drug-likeness (QED) is 0.620. The molecule has 0 saturated heterocycles. The SMILES string of the molecule is Cc1nc(Cl)ccc1CBr.Cc1nc(Cl)ccc1CO. The molecule has 0 bridgehead atoms. The lowest BCUT2D eigenvalue weighted by Crippen LogP contribution is -1.91. The van der Waals surface area contributed by atoms with Crippen LogP contribution in [0.5, 0.6) is 0 Å². The lowest BCUT2D eigenvalue weighted by Gasteiger charge is -1.99. The second-order valence-electron chi connectivity index (χ2n) is 4.05. The van der Waals surface area contributed by atoms with Crippen LogP contribution in [0.3, 0.4) is 0 Å². The second kappa shape index (κ2) is 8.57. The molecule has 2 rings (SSSR count). The van der Waals surface area contributed by atoms with Gasteiger partial charge in [-0.2, -0.15) is 0 Å². The van der Waals surface area contributed by atoms with Gasteiger partial charge in [-0.05, 0) is 37.1 Å². The molecule has 0 unspecified atom stereocenters. The first kappa shape index (κ1) is 17.4. The molecule has 0 aliphatic carbocycles. The Kier molecular flexibility index (Phi) is 7.45. The maximum atomic E-state index is 8.73. The van der Waals surface area contributed by atoms with E-state index < -0.39 is 0 Å². The minimum absolute atomic E-state index is 0.0238. The average molecular weight is 378 g/mol. The number of aliphatic hydroxyl groups is 1. The Bertz CT molecular complexity index is 528. The number of rotatable bonds is 2. The van der Waals surface area contributed by atoms with Gasteiger partial charge < -0.3 is 5.11 Å². The summed E-state index contributed by atoms with van der Waals surface area (Å²) in [4.78, 5) is 8.03. The highest BCUT2D eigenvalue weighted by Crippen LogP contribution is 2.13. The number of halogens is 3. The fraction of sp³-hybridized carbons (Fsp3) is 0.286. The van der Waals surface area contributed by atoms with Crippen molar-refractivity contribution in [3.05, 3.63) is 57.1 Å². The van der Waals surface area contributed by atoms with Crippen molar-refractivity contribution in [2.45, 2.75) is 25.8 Å². The molecule has 0 fully saturated rings. The highest BCUT2D eigenvalue weighted by molar-refractivity contribution is 9.08. The van der Waals surface area contributed by atoms with Gasteiger partial charge in [-0.15, -0.1) is 0 Å². The summed E-state index contributed by atoms with van der Waals surface area (Å²) < 4.78 is 0. The van der Waals surface area contributed by atoms with E-state index in [0.717, 1.165) is 22.3 Å². The standard InChI is InChI=1S/C7H7BrClN.C7H8ClNO/c1-5-6(4-8)2-3-7(9)10-5;1-5-6(4-10)2-3-7(8)9-5/h2-3H,4H2,1H3;2-3,10H,4H2,1H3. The highest BCUT2D eigenvalue weighted by atomic mass is 79.9. The Morgan fingerprint density at radius 3 is 1.75 bits per heavy atom. The van der Waals surface area contributed by atoms with Gasteiger partial charge in [0.05, 0.1) is 6.61 Å². The summed E-state index contributed by atoms with van der Waals surface area (Å²) in [5.41, 5.74) is 3.79. The number of hydrogen-bond donors (Lipinski definition) is 1. The molecular formula is C14H15BrCl2N2O. The molecular weight excluding hydrogens is 363 g/mol. The van der Waals surface area contributed by atoms with Crippen LogP contribution in [0.25, 0.3) is 0 Å². The van der Waals surface area contributed by atoms with Crippen LogP contribution >= 0.6 is 39.1 Å². The molecule has 0 aromatic carbocycles. The van der Waals surface area contributed by atoms with Crippen molar-refractivity contribution < 1.29 is 5.11 Å². The van der Waals surface area contributed by atoms with Gasteiger partial charge in [0.25, 0.3) is 0 Å². The van der Waals surface area contributed by atoms with E-state index in [0.29, 0.717) is 10.3 Å². The Morgan fingerprint density at radius 2 is 1.40 bits per heavy atom. The molecule has 0 aliphatic rings. The highest BCUT2D eigenvalue weighted by Gasteiger charge is 1.97. The summed E-state index contributed by atoms with van der Waals surface area (Å²) in [5, 5.41) is 10.6. The largest absolute Gasteiger partial charge is 0.392 e. The molecule has 0 saturated carbocycles. The van der Waals surface area contributed by atoms with E-state index in [1.807, 2.05) is 19.9 Å². The lowest BCUT2D eigenvalue weighted by atomic mass is 10.2. The van der Waals surface area contributed by atoms with E-state index in [-0.39, 0.29) is 6.61 Å². The molecule has 2 aromatic heterocycles. The molecule has 0 atom stereocenters. The van der Waals surface area contributed by atoms with Crippen molar-refractivity contribution in [3.8, 4) is 0 Å². The first-order chi connectivity index (χ1) is 9.47. The number of pyridine rings is 2. The number of alkyl halides is 1. The van der Waals surface area contributed by atoms with E-state index in [1.54, 1.807) is 18.2 Å². The van der Waals surface area contributed by atoms with Crippen molar-refractivity contribution in [2.24, 2.45) is 0 Å². The summed E-state index contributed by atoms with van der Waals surface area (Å²) in [6.07, 6.45) is 0. The average Bonchev–Trinajstić information content (AvgIpc) is 2.40. The molecule has 2 aromatic rings. The third kappa shape index (κ3) is 5.37. The Labute approximate surface area is 137 Å². The molecule has 2 heterocycles. The molecule has 0 aliphatic heterocycles. The van der Waals surface area contributed by atoms with E-state index in [9.17, 15) is 0 Å². The molecule has 3 nitrogen and oxygen atoms in total. The Hall–Kier alpha value is -0.680. The number of aryl methyl sites for hydroxylation is 2. The van der Waals surface area contributed by atoms with Crippen LogP contribution in [0.4, 0.5) is 0 Å². The second-order valence-corrected chi connectivity index (χ2v) is 5.38. The fourth-order valence-electron chi connectivity index (χ4n) is 1.43. The van der Waals surface area contributed by atoms with Gasteiger partial charge >= 0.3 is 0 Å². The van der Waals surface area contributed by atoms with Gasteiger partial charge in [0.1, 0.15) is 10.3 Å². The molecule has 1 N–H and O–H groups in total. The topological polar surface area (TPSA) is 46.0 Å². The molecule has 0 amide bonds. The van der Waals surface area contributed by atoms with Gasteiger partial charge in [-0.1, -0.05) is 51.3 Å². The molecule has 0 radical (unpaired) electrons. The zero-order valence-corrected chi connectivity index (χ0v) is 14.3. The number of nitrogens with zero attached hydrogens (tertiary/aromatic N) is 2. The van der Waals surface area contributed by atoms with Crippen molar-refractivity contribution in [1.29, 1.82) is 0 Å². The number of aliphatic hydroxyl groups excluding tert-OH is 1. The predicted octanol–water partition coefficient (Wildman–Crippen LogP) is 4.47. The van der Waals surface area contributed by atoms with E-state index in [1.165, 1.54) is 5.56 Å². The smallest absolute Gasteiger partial charge is 0.129 e. The van der Waals surface area contributed by atoms with Crippen LogP contribution in [0, 0.1) is 13.8 Å². The van der Waals surface area contributed by atoms with Crippen molar-refractivity contribution in [3.63, 3.8) is 0 Å². The minimum atomic E-state index is 0.0238. The van der Waals surface area contributed by atoms with Gasteiger partial charge in [0.2, 0.25) is 0 Å². The predicted molar refractivity (Wildman–Crippen MR) is 86.5 cm³/mol. The number of hydrogen-bond acceptors (Lipinski definition) is 3. The summed E-state index contributed by atoms with van der Waals surface area (Å²) in [6.45, 7) is 3.79.